The highest BCUT2D eigenvalue weighted by Crippen LogP contribution is 2.30. The summed E-state index contributed by atoms with van der Waals surface area (Å²) in [6, 6.07) is 6.87. The highest BCUT2D eigenvalue weighted by atomic mass is 35.5. The third-order valence-corrected chi connectivity index (χ3v) is 3.42. The predicted molar refractivity (Wildman–Crippen MR) is 71.0 cm³/mol. The van der Waals surface area contributed by atoms with Gasteiger partial charge in [0, 0.05) is 23.1 Å². The van der Waals surface area contributed by atoms with Crippen LogP contribution in [0, 0.1) is 17.5 Å². The maximum atomic E-state index is 13.7. The van der Waals surface area contributed by atoms with Crippen molar-refractivity contribution in [2.75, 3.05) is 0 Å². The zero-order valence-electron chi connectivity index (χ0n) is 10.6. The topological polar surface area (TPSA) is 20.2 Å². The number of aliphatic hydroxyl groups is 1. The van der Waals surface area contributed by atoms with Crippen molar-refractivity contribution < 1.29 is 18.3 Å². The third-order valence-electron chi connectivity index (χ3n) is 3.07. The Morgan fingerprint density at radius 1 is 1.10 bits per heavy atom. The van der Waals surface area contributed by atoms with Crippen molar-refractivity contribution in [3.8, 4) is 0 Å². The van der Waals surface area contributed by atoms with Crippen LogP contribution in [-0.2, 0) is 12.0 Å². The Kier molecular flexibility index (Phi) is 4.06. The van der Waals surface area contributed by atoms with E-state index in [4.69, 9.17) is 11.6 Å². The zero-order chi connectivity index (χ0) is 14.9. The lowest BCUT2D eigenvalue weighted by molar-refractivity contribution is 0.0560. The smallest absolute Gasteiger partial charge is 0.128 e. The molecule has 2 rings (SSSR count). The van der Waals surface area contributed by atoms with E-state index >= 15 is 0 Å². The van der Waals surface area contributed by atoms with E-state index in [1.807, 2.05) is 0 Å². The van der Waals surface area contributed by atoms with Gasteiger partial charge in [-0.25, -0.2) is 13.2 Å². The Bertz CT molecular complexity index is 601. The summed E-state index contributed by atoms with van der Waals surface area (Å²) in [4.78, 5) is 0. The monoisotopic (exact) mass is 300 g/mol. The second kappa shape index (κ2) is 5.46. The largest absolute Gasteiger partial charge is 0.385 e. The lowest BCUT2D eigenvalue weighted by Gasteiger charge is -2.25. The van der Waals surface area contributed by atoms with Crippen LogP contribution in [0.25, 0.3) is 0 Å². The van der Waals surface area contributed by atoms with E-state index in [1.165, 1.54) is 25.1 Å². The zero-order valence-corrected chi connectivity index (χ0v) is 11.4. The van der Waals surface area contributed by atoms with Crippen LogP contribution in [0.1, 0.15) is 18.1 Å². The first-order valence-corrected chi connectivity index (χ1v) is 6.29. The average molecular weight is 301 g/mol. The Hall–Kier alpha value is -1.52. The first-order valence-electron chi connectivity index (χ1n) is 5.91. The third kappa shape index (κ3) is 3.14. The molecule has 0 heterocycles. The summed E-state index contributed by atoms with van der Waals surface area (Å²) in [7, 11) is 0. The summed E-state index contributed by atoms with van der Waals surface area (Å²) in [5.74, 6) is -2.19. The van der Waals surface area contributed by atoms with E-state index in [2.05, 4.69) is 0 Å². The summed E-state index contributed by atoms with van der Waals surface area (Å²) in [5, 5.41) is 10.5. The van der Waals surface area contributed by atoms with Gasteiger partial charge in [0.15, 0.2) is 0 Å². The predicted octanol–water partition coefficient (Wildman–Crippen LogP) is 4.21. The number of halogens is 4. The molecular weight excluding hydrogens is 289 g/mol. The second-order valence-electron chi connectivity index (χ2n) is 4.81. The summed E-state index contributed by atoms with van der Waals surface area (Å²) in [6.07, 6.45) is -0.193. The molecule has 1 nitrogen and oxygen atoms in total. The minimum Gasteiger partial charge on any atom is -0.385 e. The highest BCUT2D eigenvalue weighted by Gasteiger charge is 2.27. The Morgan fingerprint density at radius 3 is 2.25 bits per heavy atom. The Labute approximate surface area is 119 Å². The molecule has 0 bridgehead atoms. The second-order valence-corrected chi connectivity index (χ2v) is 5.22. The van der Waals surface area contributed by atoms with Crippen molar-refractivity contribution in [3.05, 3.63) is 70.0 Å². The molecule has 0 aliphatic rings. The SMILES string of the molecule is CC(O)(Cc1c(F)cccc1Cl)c1cc(F)cc(F)c1. The molecular formula is C15H12ClF3O. The molecule has 0 saturated carbocycles. The number of benzene rings is 2. The van der Waals surface area contributed by atoms with Gasteiger partial charge in [-0.05, 0) is 36.8 Å². The molecule has 0 saturated heterocycles. The van der Waals surface area contributed by atoms with E-state index < -0.39 is 23.1 Å². The van der Waals surface area contributed by atoms with Gasteiger partial charge in [0.1, 0.15) is 17.5 Å². The molecule has 0 aliphatic heterocycles. The van der Waals surface area contributed by atoms with Crippen LogP contribution >= 0.6 is 11.6 Å². The van der Waals surface area contributed by atoms with E-state index in [-0.39, 0.29) is 22.6 Å². The first kappa shape index (κ1) is 14.9. The lowest BCUT2D eigenvalue weighted by Crippen LogP contribution is -2.25. The van der Waals surface area contributed by atoms with Gasteiger partial charge in [-0.15, -0.1) is 0 Å². The van der Waals surface area contributed by atoms with Crippen LogP contribution in [-0.4, -0.2) is 5.11 Å². The van der Waals surface area contributed by atoms with Crippen LogP contribution < -0.4 is 0 Å². The van der Waals surface area contributed by atoms with Crippen LogP contribution in [0.4, 0.5) is 13.2 Å². The van der Waals surface area contributed by atoms with Crippen molar-refractivity contribution in [1.29, 1.82) is 0 Å². The highest BCUT2D eigenvalue weighted by molar-refractivity contribution is 6.31. The molecule has 0 radical (unpaired) electrons. The maximum absolute atomic E-state index is 13.7. The van der Waals surface area contributed by atoms with Gasteiger partial charge in [0.25, 0.3) is 0 Å². The molecule has 0 fully saturated rings. The molecule has 0 spiro atoms. The standard InChI is InChI=1S/C15H12ClF3O/c1-15(20,9-5-10(17)7-11(18)6-9)8-12-13(16)3-2-4-14(12)19/h2-7,20H,8H2,1H3. The summed E-state index contributed by atoms with van der Waals surface area (Å²) in [6.45, 7) is 1.35. The van der Waals surface area contributed by atoms with Gasteiger partial charge < -0.3 is 5.11 Å². The molecule has 1 unspecified atom stereocenters. The Balaban J connectivity index is 2.40. The quantitative estimate of drug-likeness (QED) is 0.900. The molecule has 5 heteroatoms. The van der Waals surface area contributed by atoms with Gasteiger partial charge in [-0.2, -0.15) is 0 Å². The fourth-order valence-electron chi connectivity index (χ4n) is 2.01. The van der Waals surface area contributed by atoms with E-state index in [1.54, 1.807) is 0 Å². The number of hydrogen-bond acceptors (Lipinski definition) is 1. The van der Waals surface area contributed by atoms with Gasteiger partial charge in [-0.3, -0.25) is 0 Å². The van der Waals surface area contributed by atoms with E-state index in [0.29, 0.717) is 6.07 Å². The number of hydrogen-bond donors (Lipinski definition) is 1. The molecule has 20 heavy (non-hydrogen) atoms. The van der Waals surface area contributed by atoms with Crippen molar-refractivity contribution in [2.24, 2.45) is 0 Å². The van der Waals surface area contributed by atoms with Crippen molar-refractivity contribution in [3.63, 3.8) is 0 Å². The normalized spacial score (nSPS) is 14.1. The Morgan fingerprint density at radius 2 is 1.70 bits per heavy atom. The fourth-order valence-corrected chi connectivity index (χ4v) is 2.24. The van der Waals surface area contributed by atoms with Crippen molar-refractivity contribution in [1.82, 2.24) is 0 Å². The molecule has 106 valence electrons. The molecule has 2 aromatic rings. The van der Waals surface area contributed by atoms with Crippen molar-refractivity contribution in [2.45, 2.75) is 18.9 Å². The van der Waals surface area contributed by atoms with Crippen LogP contribution in [0.2, 0.25) is 5.02 Å². The molecule has 1 N–H and O–H groups in total. The summed E-state index contributed by atoms with van der Waals surface area (Å²) in [5.41, 5.74) is -1.52. The van der Waals surface area contributed by atoms with Crippen LogP contribution in [0.3, 0.4) is 0 Å². The van der Waals surface area contributed by atoms with Crippen LogP contribution in [0.15, 0.2) is 36.4 Å². The van der Waals surface area contributed by atoms with Gasteiger partial charge in [0.2, 0.25) is 0 Å². The summed E-state index contributed by atoms with van der Waals surface area (Å²) < 4.78 is 40.1. The lowest BCUT2D eigenvalue weighted by atomic mass is 9.88. The van der Waals surface area contributed by atoms with E-state index in [9.17, 15) is 18.3 Å². The minimum atomic E-state index is -1.64. The van der Waals surface area contributed by atoms with Gasteiger partial charge in [0.05, 0.1) is 5.60 Å². The average Bonchev–Trinajstić information content (AvgIpc) is 2.33. The first-order chi connectivity index (χ1) is 9.29. The van der Waals surface area contributed by atoms with Crippen LogP contribution in [0.5, 0.6) is 0 Å². The van der Waals surface area contributed by atoms with Gasteiger partial charge >= 0.3 is 0 Å². The van der Waals surface area contributed by atoms with Crippen molar-refractivity contribution >= 4 is 11.6 Å². The van der Waals surface area contributed by atoms with E-state index in [0.717, 1.165) is 12.1 Å². The minimum absolute atomic E-state index is 0.0225. The maximum Gasteiger partial charge on any atom is 0.128 e. The molecule has 2 aromatic carbocycles. The molecule has 1 atom stereocenters. The molecule has 0 amide bonds. The van der Waals surface area contributed by atoms with Gasteiger partial charge in [-0.1, -0.05) is 17.7 Å². The molecule has 0 aromatic heterocycles. The molecule has 0 aliphatic carbocycles. The number of rotatable bonds is 3. The fraction of sp³-hybridized carbons (Fsp3) is 0.200. The summed E-state index contributed by atoms with van der Waals surface area (Å²) >= 11 is 5.89.